The summed E-state index contributed by atoms with van der Waals surface area (Å²) in [6.07, 6.45) is 8.64. The van der Waals surface area contributed by atoms with Crippen molar-refractivity contribution in [2.75, 3.05) is 12.9 Å². The quantitative estimate of drug-likeness (QED) is 0.564. The molecular weight excluding hydrogens is 300 g/mol. The third-order valence-corrected chi connectivity index (χ3v) is 4.21. The fraction of sp³-hybridized carbons (Fsp3) is 0.667. The molecule has 2 rings (SSSR count). The van der Waals surface area contributed by atoms with Crippen molar-refractivity contribution < 1.29 is 9.84 Å². The first-order chi connectivity index (χ1) is 10.7. The highest BCUT2D eigenvalue weighted by Crippen LogP contribution is 2.26. The van der Waals surface area contributed by atoms with Crippen LogP contribution in [0.1, 0.15) is 45.8 Å². The summed E-state index contributed by atoms with van der Waals surface area (Å²) in [6, 6.07) is 0. The van der Waals surface area contributed by atoms with Crippen molar-refractivity contribution in [1.29, 1.82) is 0 Å². The highest BCUT2D eigenvalue weighted by molar-refractivity contribution is 7.98. The van der Waals surface area contributed by atoms with Gasteiger partial charge in [-0.05, 0) is 19.1 Å². The highest BCUT2D eigenvalue weighted by atomic mass is 32.2. The zero-order chi connectivity index (χ0) is 15.9. The van der Waals surface area contributed by atoms with E-state index in [1.807, 2.05) is 10.8 Å². The number of fused-ring (bicyclic) bond motifs is 1. The van der Waals surface area contributed by atoms with E-state index in [1.54, 1.807) is 24.4 Å². The molecule has 6 nitrogen and oxygen atoms in total. The number of hydrogen-bond donors (Lipinski definition) is 1. The average Bonchev–Trinajstić information content (AvgIpc) is 2.97. The first-order valence-corrected chi connectivity index (χ1v) is 8.95. The summed E-state index contributed by atoms with van der Waals surface area (Å²) < 4.78 is 8.07. The molecule has 0 saturated heterocycles. The van der Waals surface area contributed by atoms with Gasteiger partial charge in [0.25, 0.3) is 0 Å². The zero-order valence-electron chi connectivity index (χ0n) is 13.4. The van der Waals surface area contributed by atoms with Crippen LogP contribution >= 0.6 is 11.8 Å². The van der Waals surface area contributed by atoms with Gasteiger partial charge in [-0.25, -0.2) is 15.0 Å². The Morgan fingerprint density at radius 2 is 2.00 bits per heavy atom. The molecule has 7 heteroatoms. The number of aliphatic hydroxyl groups excluding tert-OH is 1. The summed E-state index contributed by atoms with van der Waals surface area (Å²) in [4.78, 5) is 13.1. The predicted octanol–water partition coefficient (Wildman–Crippen LogP) is 3.02. The minimum atomic E-state index is -0.164. The molecule has 2 aromatic rings. The van der Waals surface area contributed by atoms with E-state index in [0.29, 0.717) is 0 Å². The van der Waals surface area contributed by atoms with Crippen LogP contribution in [-0.2, 0) is 4.74 Å². The molecule has 2 atom stereocenters. The summed E-state index contributed by atoms with van der Waals surface area (Å²) in [7, 11) is 0. The molecule has 2 aromatic heterocycles. The maximum absolute atomic E-state index is 9.49. The Balaban J connectivity index is 2.32. The average molecular weight is 324 g/mol. The van der Waals surface area contributed by atoms with Crippen LogP contribution in [-0.4, -0.2) is 43.6 Å². The van der Waals surface area contributed by atoms with E-state index in [2.05, 4.69) is 28.8 Å². The van der Waals surface area contributed by atoms with Crippen LogP contribution in [0.25, 0.3) is 11.2 Å². The predicted molar refractivity (Wildman–Crippen MR) is 87.9 cm³/mol. The Labute approximate surface area is 135 Å². The molecule has 0 spiro atoms. The summed E-state index contributed by atoms with van der Waals surface area (Å²) in [6.45, 7) is 4.24. The van der Waals surface area contributed by atoms with E-state index in [4.69, 9.17) is 4.74 Å². The minimum Gasteiger partial charge on any atom is -0.394 e. The van der Waals surface area contributed by atoms with Gasteiger partial charge in [0.1, 0.15) is 23.1 Å². The molecule has 122 valence electrons. The van der Waals surface area contributed by atoms with Gasteiger partial charge in [0, 0.05) is 0 Å². The molecule has 22 heavy (non-hydrogen) atoms. The van der Waals surface area contributed by atoms with Crippen LogP contribution in [0.2, 0.25) is 0 Å². The summed E-state index contributed by atoms with van der Waals surface area (Å²) in [5, 5.41) is 10.4. The van der Waals surface area contributed by atoms with Gasteiger partial charge in [0.2, 0.25) is 0 Å². The third kappa shape index (κ3) is 3.77. The second-order valence-electron chi connectivity index (χ2n) is 5.18. The van der Waals surface area contributed by atoms with Crippen molar-refractivity contribution in [3.05, 3.63) is 12.7 Å². The van der Waals surface area contributed by atoms with E-state index in [-0.39, 0.29) is 18.9 Å². The van der Waals surface area contributed by atoms with Crippen LogP contribution in [0.3, 0.4) is 0 Å². The number of hydrogen-bond acceptors (Lipinski definition) is 6. The van der Waals surface area contributed by atoms with Gasteiger partial charge in [-0.2, -0.15) is 0 Å². The van der Waals surface area contributed by atoms with Crippen LogP contribution < -0.4 is 0 Å². The molecule has 0 saturated carbocycles. The number of nitrogens with zero attached hydrogens (tertiary/aromatic N) is 4. The van der Waals surface area contributed by atoms with E-state index < -0.39 is 0 Å². The smallest absolute Gasteiger partial charge is 0.166 e. The van der Waals surface area contributed by atoms with Gasteiger partial charge in [-0.1, -0.05) is 26.7 Å². The van der Waals surface area contributed by atoms with Gasteiger partial charge < -0.3 is 9.84 Å². The minimum absolute atomic E-state index is 0.0335. The number of ether oxygens (including phenoxy) is 1. The summed E-state index contributed by atoms with van der Waals surface area (Å²) in [5.41, 5.74) is 1.58. The molecule has 0 amide bonds. The van der Waals surface area contributed by atoms with Crippen molar-refractivity contribution in [2.24, 2.45) is 0 Å². The fourth-order valence-corrected chi connectivity index (χ4v) is 2.95. The second-order valence-corrected chi connectivity index (χ2v) is 5.97. The number of thioether (sulfide) groups is 1. The number of aromatic nitrogens is 4. The van der Waals surface area contributed by atoms with Crippen molar-refractivity contribution in [2.45, 2.75) is 56.9 Å². The highest BCUT2D eigenvalue weighted by Gasteiger charge is 2.20. The van der Waals surface area contributed by atoms with Crippen molar-refractivity contribution in [3.8, 4) is 0 Å². The van der Waals surface area contributed by atoms with Crippen LogP contribution in [0.4, 0.5) is 0 Å². The molecule has 0 bridgehead atoms. The number of rotatable bonds is 9. The summed E-state index contributed by atoms with van der Waals surface area (Å²) in [5.74, 6) is 0. The number of aliphatic hydroxyl groups is 1. The van der Waals surface area contributed by atoms with Gasteiger partial charge in [-0.3, -0.25) is 4.57 Å². The molecule has 0 aromatic carbocycles. The largest absolute Gasteiger partial charge is 0.394 e. The van der Waals surface area contributed by atoms with Gasteiger partial charge in [0.05, 0.1) is 19.0 Å². The van der Waals surface area contributed by atoms with E-state index in [9.17, 15) is 5.11 Å². The van der Waals surface area contributed by atoms with E-state index in [0.717, 1.165) is 41.9 Å². The van der Waals surface area contributed by atoms with Crippen LogP contribution in [0, 0.1) is 0 Å². The van der Waals surface area contributed by atoms with Gasteiger partial charge in [0.15, 0.2) is 5.65 Å². The Morgan fingerprint density at radius 3 is 2.64 bits per heavy atom. The fourth-order valence-electron chi connectivity index (χ4n) is 2.46. The first kappa shape index (κ1) is 17.2. The third-order valence-electron chi connectivity index (χ3n) is 3.53. The SMILES string of the molecule is CCCC(CO)OC(CCC)n1cnc2c(SC)ncnc21. The Bertz CT molecular complexity index is 590. The van der Waals surface area contributed by atoms with E-state index in [1.165, 1.54) is 0 Å². The molecule has 0 aliphatic heterocycles. The van der Waals surface area contributed by atoms with Crippen molar-refractivity contribution in [1.82, 2.24) is 19.5 Å². The van der Waals surface area contributed by atoms with Crippen LogP contribution in [0.5, 0.6) is 0 Å². The lowest BCUT2D eigenvalue weighted by Gasteiger charge is -2.24. The molecule has 2 unspecified atom stereocenters. The molecule has 0 aliphatic carbocycles. The van der Waals surface area contributed by atoms with Crippen LogP contribution in [0.15, 0.2) is 17.7 Å². The molecular formula is C15H24N4O2S. The molecule has 0 aliphatic rings. The maximum atomic E-state index is 9.49. The molecule has 1 N–H and O–H groups in total. The second kappa shape index (κ2) is 8.45. The zero-order valence-corrected chi connectivity index (χ0v) is 14.2. The molecule has 0 fully saturated rings. The van der Waals surface area contributed by atoms with Crippen molar-refractivity contribution >= 4 is 22.9 Å². The summed E-state index contributed by atoms with van der Waals surface area (Å²) >= 11 is 1.56. The lowest BCUT2D eigenvalue weighted by Crippen LogP contribution is -2.24. The first-order valence-electron chi connectivity index (χ1n) is 7.72. The Kier molecular flexibility index (Phi) is 6.60. The Hall–Kier alpha value is -1.18. The number of imidazole rings is 1. The van der Waals surface area contributed by atoms with Crippen molar-refractivity contribution in [3.63, 3.8) is 0 Å². The van der Waals surface area contributed by atoms with Gasteiger partial charge >= 0.3 is 0 Å². The normalized spacial score (nSPS) is 14.4. The standard InChI is InChI=1S/C15H24N4O2S/c1-4-6-11(8-20)21-12(7-5-2)19-10-18-13-14(19)16-9-17-15(13)22-3/h9-12,20H,4-8H2,1-3H3. The lowest BCUT2D eigenvalue weighted by molar-refractivity contribution is -0.0801. The van der Waals surface area contributed by atoms with Gasteiger partial charge in [-0.15, -0.1) is 11.8 Å². The Morgan fingerprint density at radius 1 is 1.23 bits per heavy atom. The monoisotopic (exact) mass is 324 g/mol. The van der Waals surface area contributed by atoms with E-state index >= 15 is 0 Å². The topological polar surface area (TPSA) is 73.1 Å². The maximum Gasteiger partial charge on any atom is 0.166 e. The molecule has 0 radical (unpaired) electrons. The molecule has 2 heterocycles. The lowest BCUT2D eigenvalue weighted by atomic mass is 10.2.